The number of aromatic nitrogens is 2. The lowest BCUT2D eigenvalue weighted by Crippen LogP contribution is -2.29. The third-order valence-electron chi connectivity index (χ3n) is 2.34. The van der Waals surface area contributed by atoms with E-state index in [2.05, 4.69) is 15.5 Å². The number of nitrogens with zero attached hydrogens (tertiary/aromatic N) is 2. The average molecular weight is 231 g/mol. The van der Waals surface area contributed by atoms with Crippen molar-refractivity contribution in [2.75, 3.05) is 11.5 Å². The maximum atomic E-state index is 11.2. The summed E-state index contributed by atoms with van der Waals surface area (Å²) in [7, 11) is -2.82. The lowest BCUT2D eigenvalue weighted by Gasteiger charge is -2.06. The Labute approximate surface area is 88.0 Å². The largest absolute Gasteiger partial charge is 0.338 e. The van der Waals surface area contributed by atoms with Crippen LogP contribution >= 0.6 is 0 Å². The predicted octanol–water partition coefficient (Wildman–Crippen LogP) is -0.345. The summed E-state index contributed by atoms with van der Waals surface area (Å²) < 4.78 is 27.2. The van der Waals surface area contributed by atoms with Crippen molar-refractivity contribution >= 4 is 9.84 Å². The van der Waals surface area contributed by atoms with E-state index in [1.807, 2.05) is 0 Å². The average Bonchev–Trinajstić information content (AvgIpc) is 2.69. The molecule has 1 unspecified atom stereocenters. The Balaban J connectivity index is 1.85. The molecule has 0 amide bonds. The van der Waals surface area contributed by atoms with Crippen LogP contribution in [0.2, 0.25) is 0 Å². The molecule has 1 N–H and O–H groups in total. The maximum absolute atomic E-state index is 11.2. The minimum absolute atomic E-state index is 0.0159. The quantitative estimate of drug-likeness (QED) is 0.765. The maximum Gasteiger partial charge on any atom is 0.240 e. The van der Waals surface area contributed by atoms with Crippen molar-refractivity contribution < 1.29 is 12.9 Å². The summed E-state index contributed by atoms with van der Waals surface area (Å²) in [6.07, 6.45) is 0.662. The van der Waals surface area contributed by atoms with Crippen LogP contribution in [0.3, 0.4) is 0 Å². The SMILES string of the molecule is Cc1noc(CNC2CCS(=O)(=O)C2)n1. The number of hydrogen-bond acceptors (Lipinski definition) is 6. The molecular weight excluding hydrogens is 218 g/mol. The van der Waals surface area contributed by atoms with Gasteiger partial charge in [-0.3, -0.25) is 0 Å². The van der Waals surface area contributed by atoms with Crippen LogP contribution in [0.1, 0.15) is 18.1 Å². The number of nitrogens with one attached hydrogen (secondary N) is 1. The van der Waals surface area contributed by atoms with E-state index in [-0.39, 0.29) is 17.5 Å². The molecular formula is C8H13N3O3S. The van der Waals surface area contributed by atoms with Crippen molar-refractivity contribution in [3.05, 3.63) is 11.7 Å². The summed E-state index contributed by atoms with van der Waals surface area (Å²) in [5, 5.41) is 6.74. The summed E-state index contributed by atoms with van der Waals surface area (Å²) in [6.45, 7) is 2.17. The van der Waals surface area contributed by atoms with E-state index in [0.29, 0.717) is 24.7 Å². The minimum Gasteiger partial charge on any atom is -0.338 e. The van der Waals surface area contributed by atoms with Gasteiger partial charge in [0.15, 0.2) is 15.7 Å². The van der Waals surface area contributed by atoms with E-state index in [1.54, 1.807) is 6.92 Å². The van der Waals surface area contributed by atoms with Crippen LogP contribution in [0.25, 0.3) is 0 Å². The van der Waals surface area contributed by atoms with E-state index in [4.69, 9.17) is 4.52 Å². The van der Waals surface area contributed by atoms with E-state index < -0.39 is 9.84 Å². The summed E-state index contributed by atoms with van der Waals surface area (Å²) >= 11 is 0. The summed E-state index contributed by atoms with van der Waals surface area (Å²) in [6, 6.07) is 0.0159. The van der Waals surface area contributed by atoms with Crippen molar-refractivity contribution in [3.8, 4) is 0 Å². The third-order valence-corrected chi connectivity index (χ3v) is 4.11. The smallest absolute Gasteiger partial charge is 0.240 e. The highest BCUT2D eigenvalue weighted by Gasteiger charge is 2.27. The number of aryl methyl sites for hydroxylation is 1. The van der Waals surface area contributed by atoms with Crippen LogP contribution < -0.4 is 5.32 Å². The Hall–Kier alpha value is -0.950. The molecule has 1 fully saturated rings. The molecule has 84 valence electrons. The van der Waals surface area contributed by atoms with E-state index in [9.17, 15) is 8.42 Å². The first kappa shape index (κ1) is 10.6. The molecule has 1 aromatic rings. The van der Waals surface area contributed by atoms with Gasteiger partial charge in [-0.1, -0.05) is 5.16 Å². The Morgan fingerprint density at radius 2 is 2.40 bits per heavy atom. The monoisotopic (exact) mass is 231 g/mol. The van der Waals surface area contributed by atoms with Gasteiger partial charge >= 0.3 is 0 Å². The molecule has 1 saturated heterocycles. The van der Waals surface area contributed by atoms with Gasteiger partial charge in [-0.2, -0.15) is 4.98 Å². The second-order valence-electron chi connectivity index (χ2n) is 3.72. The van der Waals surface area contributed by atoms with Gasteiger partial charge in [0.05, 0.1) is 18.1 Å². The van der Waals surface area contributed by atoms with Gasteiger partial charge in [0, 0.05) is 6.04 Å². The Morgan fingerprint density at radius 3 is 2.93 bits per heavy atom. The molecule has 0 aromatic carbocycles. The first-order valence-corrected chi connectivity index (χ1v) is 6.60. The van der Waals surface area contributed by atoms with Crippen molar-refractivity contribution in [2.24, 2.45) is 0 Å². The van der Waals surface area contributed by atoms with Crippen LogP contribution in [0.4, 0.5) is 0 Å². The standard InChI is InChI=1S/C8H13N3O3S/c1-6-10-8(14-11-6)4-9-7-2-3-15(12,13)5-7/h7,9H,2-5H2,1H3. The van der Waals surface area contributed by atoms with Crippen molar-refractivity contribution in [3.63, 3.8) is 0 Å². The van der Waals surface area contributed by atoms with Crippen LogP contribution in [0.5, 0.6) is 0 Å². The minimum atomic E-state index is -2.82. The van der Waals surface area contributed by atoms with Gasteiger partial charge in [0.2, 0.25) is 5.89 Å². The molecule has 0 radical (unpaired) electrons. The van der Waals surface area contributed by atoms with Gasteiger partial charge in [0.25, 0.3) is 0 Å². The lowest BCUT2D eigenvalue weighted by molar-refractivity contribution is 0.357. The molecule has 1 atom stereocenters. The molecule has 15 heavy (non-hydrogen) atoms. The van der Waals surface area contributed by atoms with Gasteiger partial charge in [-0.15, -0.1) is 0 Å². The highest BCUT2D eigenvalue weighted by Crippen LogP contribution is 2.11. The second kappa shape index (κ2) is 3.90. The Kier molecular flexibility index (Phi) is 2.74. The van der Waals surface area contributed by atoms with Crippen LogP contribution in [-0.4, -0.2) is 36.1 Å². The van der Waals surface area contributed by atoms with Crippen LogP contribution in [0.15, 0.2) is 4.52 Å². The molecule has 1 aliphatic rings. The van der Waals surface area contributed by atoms with Gasteiger partial charge in [0.1, 0.15) is 0 Å². The zero-order valence-electron chi connectivity index (χ0n) is 8.43. The molecule has 1 aromatic heterocycles. The molecule has 2 rings (SSSR count). The third kappa shape index (κ3) is 2.75. The highest BCUT2D eigenvalue weighted by molar-refractivity contribution is 7.91. The van der Waals surface area contributed by atoms with Crippen molar-refractivity contribution in [1.82, 2.24) is 15.5 Å². The van der Waals surface area contributed by atoms with Crippen LogP contribution in [0, 0.1) is 6.92 Å². The summed E-state index contributed by atoms with van der Waals surface area (Å²) in [5.74, 6) is 1.57. The molecule has 0 spiro atoms. The second-order valence-corrected chi connectivity index (χ2v) is 5.94. The Bertz CT molecular complexity index is 440. The van der Waals surface area contributed by atoms with Crippen molar-refractivity contribution in [1.29, 1.82) is 0 Å². The fourth-order valence-corrected chi connectivity index (χ4v) is 3.31. The topological polar surface area (TPSA) is 85.1 Å². The lowest BCUT2D eigenvalue weighted by atomic mass is 10.3. The molecule has 7 heteroatoms. The summed E-state index contributed by atoms with van der Waals surface area (Å²) in [5.41, 5.74) is 0. The molecule has 0 saturated carbocycles. The number of hydrogen-bond donors (Lipinski definition) is 1. The predicted molar refractivity (Wildman–Crippen MR) is 52.9 cm³/mol. The molecule has 0 bridgehead atoms. The number of rotatable bonds is 3. The number of sulfone groups is 1. The van der Waals surface area contributed by atoms with E-state index >= 15 is 0 Å². The first-order chi connectivity index (χ1) is 7.05. The molecule has 1 aliphatic heterocycles. The fourth-order valence-electron chi connectivity index (χ4n) is 1.60. The summed E-state index contributed by atoms with van der Waals surface area (Å²) in [4.78, 5) is 4.02. The zero-order chi connectivity index (χ0) is 10.9. The molecule has 0 aliphatic carbocycles. The first-order valence-electron chi connectivity index (χ1n) is 4.78. The molecule has 2 heterocycles. The fraction of sp³-hybridized carbons (Fsp3) is 0.750. The zero-order valence-corrected chi connectivity index (χ0v) is 9.25. The van der Waals surface area contributed by atoms with Gasteiger partial charge < -0.3 is 9.84 Å². The van der Waals surface area contributed by atoms with Crippen molar-refractivity contribution in [2.45, 2.75) is 25.9 Å². The highest BCUT2D eigenvalue weighted by atomic mass is 32.2. The normalized spacial score (nSPS) is 24.5. The van der Waals surface area contributed by atoms with Crippen LogP contribution in [-0.2, 0) is 16.4 Å². The molecule has 6 nitrogen and oxygen atoms in total. The van der Waals surface area contributed by atoms with E-state index in [1.165, 1.54) is 0 Å². The van der Waals surface area contributed by atoms with Gasteiger partial charge in [-0.25, -0.2) is 8.42 Å². The Morgan fingerprint density at radius 1 is 1.60 bits per heavy atom. The van der Waals surface area contributed by atoms with Gasteiger partial charge in [-0.05, 0) is 13.3 Å². The van der Waals surface area contributed by atoms with E-state index in [0.717, 1.165) is 0 Å².